The number of anilines is 1. The summed E-state index contributed by atoms with van der Waals surface area (Å²) in [4.78, 5) is 12.0. The monoisotopic (exact) mass is 426 g/mol. The molecule has 118 valence electrons. The van der Waals surface area contributed by atoms with Crippen molar-refractivity contribution in [2.75, 3.05) is 30.8 Å². The van der Waals surface area contributed by atoms with Crippen molar-refractivity contribution in [3.05, 3.63) is 27.8 Å². The van der Waals surface area contributed by atoms with E-state index in [1.54, 1.807) is 31.2 Å². The fourth-order valence-electron chi connectivity index (χ4n) is 1.75. The topological polar surface area (TPSA) is 75.7 Å². The lowest BCUT2D eigenvalue weighted by molar-refractivity contribution is -0.120. The summed E-state index contributed by atoms with van der Waals surface area (Å²) in [6, 6.07) is 6.75. The molecule has 0 bridgehead atoms. The van der Waals surface area contributed by atoms with E-state index in [9.17, 15) is 13.2 Å². The number of halogens is 1. The Balaban J connectivity index is 2.86. The zero-order chi connectivity index (χ0) is 16.0. The van der Waals surface area contributed by atoms with Gasteiger partial charge in [0.15, 0.2) is 0 Å². The molecule has 0 saturated heterocycles. The van der Waals surface area contributed by atoms with E-state index in [1.165, 1.54) is 7.11 Å². The molecule has 1 aromatic rings. The van der Waals surface area contributed by atoms with E-state index in [0.29, 0.717) is 12.3 Å². The van der Waals surface area contributed by atoms with Crippen molar-refractivity contribution in [1.82, 2.24) is 5.32 Å². The van der Waals surface area contributed by atoms with Crippen LogP contribution in [0.15, 0.2) is 24.3 Å². The molecule has 1 rings (SSSR count). The maximum Gasteiger partial charge on any atom is 0.241 e. The molecule has 1 N–H and O–H groups in total. The lowest BCUT2D eigenvalue weighted by Gasteiger charge is -2.23. The fraction of sp³-hybridized carbons (Fsp3) is 0.462. The van der Waals surface area contributed by atoms with Gasteiger partial charge in [0.25, 0.3) is 0 Å². The number of hydrogen-bond acceptors (Lipinski definition) is 4. The summed E-state index contributed by atoms with van der Waals surface area (Å²) in [5.41, 5.74) is 0.465. The van der Waals surface area contributed by atoms with Crippen LogP contribution in [-0.4, -0.2) is 46.9 Å². The third kappa shape index (κ3) is 6.18. The van der Waals surface area contributed by atoms with Gasteiger partial charge in [0.1, 0.15) is 6.54 Å². The molecule has 0 aliphatic carbocycles. The summed E-state index contributed by atoms with van der Waals surface area (Å²) in [6.07, 6.45) is 1.08. The van der Waals surface area contributed by atoms with Crippen molar-refractivity contribution in [2.24, 2.45) is 0 Å². The highest BCUT2D eigenvalue weighted by Crippen LogP contribution is 2.18. The molecule has 0 fully saturated rings. The summed E-state index contributed by atoms with van der Waals surface area (Å²) in [5, 5.41) is 2.69. The third-order valence-electron chi connectivity index (χ3n) is 2.63. The van der Waals surface area contributed by atoms with E-state index in [-0.39, 0.29) is 18.5 Å². The molecule has 0 aliphatic heterocycles. The number of sulfonamides is 1. The highest BCUT2D eigenvalue weighted by molar-refractivity contribution is 14.1. The number of ether oxygens (including phenoxy) is 1. The van der Waals surface area contributed by atoms with Gasteiger partial charge in [-0.2, -0.15) is 0 Å². The second-order valence-electron chi connectivity index (χ2n) is 4.67. The number of carbonyl (C=O) groups is 1. The van der Waals surface area contributed by atoms with E-state index >= 15 is 0 Å². The molecule has 0 spiro atoms. The highest BCUT2D eigenvalue weighted by atomic mass is 127. The zero-order valence-electron chi connectivity index (χ0n) is 12.2. The van der Waals surface area contributed by atoms with Crippen molar-refractivity contribution in [3.63, 3.8) is 0 Å². The van der Waals surface area contributed by atoms with Gasteiger partial charge in [0, 0.05) is 16.7 Å². The average molecular weight is 426 g/mol. The molecule has 0 aromatic heterocycles. The summed E-state index contributed by atoms with van der Waals surface area (Å²) >= 11 is 2.13. The number of methoxy groups -OCH3 is 1. The van der Waals surface area contributed by atoms with Gasteiger partial charge in [-0.25, -0.2) is 8.42 Å². The van der Waals surface area contributed by atoms with Crippen LogP contribution in [-0.2, 0) is 19.6 Å². The Bertz CT molecular complexity index is 574. The van der Waals surface area contributed by atoms with E-state index in [4.69, 9.17) is 4.74 Å². The van der Waals surface area contributed by atoms with Gasteiger partial charge in [0.05, 0.1) is 18.6 Å². The number of benzene rings is 1. The maximum atomic E-state index is 12.0. The minimum Gasteiger partial charge on any atom is -0.383 e. The van der Waals surface area contributed by atoms with Crippen molar-refractivity contribution in [2.45, 2.75) is 13.0 Å². The van der Waals surface area contributed by atoms with Gasteiger partial charge < -0.3 is 10.1 Å². The predicted molar refractivity (Wildman–Crippen MR) is 90.8 cm³/mol. The fourth-order valence-corrected chi connectivity index (χ4v) is 2.97. The van der Waals surface area contributed by atoms with Crippen LogP contribution in [0.4, 0.5) is 5.69 Å². The molecular weight excluding hydrogens is 407 g/mol. The third-order valence-corrected chi connectivity index (χ3v) is 4.49. The molecule has 8 heteroatoms. The molecular formula is C13H19IN2O4S. The second kappa shape index (κ2) is 7.95. The molecule has 1 amide bonds. The van der Waals surface area contributed by atoms with Gasteiger partial charge in [-0.1, -0.05) is 0 Å². The number of rotatable bonds is 7. The average Bonchev–Trinajstić information content (AvgIpc) is 2.36. The SMILES string of the molecule is COC[C@H](C)NC(=O)CN(c1ccc(I)cc1)S(C)(=O)=O. The number of carbonyl (C=O) groups excluding carboxylic acids is 1. The van der Waals surface area contributed by atoms with E-state index in [1.807, 2.05) is 0 Å². The first-order valence-corrected chi connectivity index (χ1v) is 9.18. The maximum absolute atomic E-state index is 12.0. The summed E-state index contributed by atoms with van der Waals surface area (Å²) < 4.78 is 30.8. The lowest BCUT2D eigenvalue weighted by atomic mass is 10.3. The molecule has 0 heterocycles. The Morgan fingerprint density at radius 2 is 1.95 bits per heavy atom. The van der Waals surface area contributed by atoms with Crippen molar-refractivity contribution >= 4 is 44.2 Å². The first-order valence-electron chi connectivity index (χ1n) is 6.25. The van der Waals surface area contributed by atoms with Crippen molar-refractivity contribution in [3.8, 4) is 0 Å². The van der Waals surface area contributed by atoms with Crippen LogP contribution < -0.4 is 9.62 Å². The van der Waals surface area contributed by atoms with Crippen molar-refractivity contribution in [1.29, 1.82) is 0 Å². The van der Waals surface area contributed by atoms with Crippen LogP contribution in [0.3, 0.4) is 0 Å². The van der Waals surface area contributed by atoms with Gasteiger partial charge in [0.2, 0.25) is 15.9 Å². The molecule has 1 atom stereocenters. The molecule has 0 radical (unpaired) electrons. The molecule has 21 heavy (non-hydrogen) atoms. The Morgan fingerprint density at radius 3 is 2.43 bits per heavy atom. The first-order chi connectivity index (χ1) is 9.74. The normalized spacial score (nSPS) is 12.8. The van der Waals surface area contributed by atoms with E-state index in [0.717, 1.165) is 14.1 Å². The molecule has 0 unspecified atom stereocenters. The van der Waals surface area contributed by atoms with Crippen LogP contribution in [0.5, 0.6) is 0 Å². The molecule has 0 aliphatic rings. The van der Waals surface area contributed by atoms with Crippen LogP contribution in [0.25, 0.3) is 0 Å². The van der Waals surface area contributed by atoms with Gasteiger partial charge in [-0.15, -0.1) is 0 Å². The van der Waals surface area contributed by atoms with E-state index < -0.39 is 10.0 Å². The van der Waals surface area contributed by atoms with Crippen molar-refractivity contribution < 1.29 is 17.9 Å². The minimum atomic E-state index is -3.54. The molecule has 0 saturated carbocycles. The minimum absolute atomic E-state index is 0.180. The first kappa shape index (κ1) is 18.2. The smallest absolute Gasteiger partial charge is 0.241 e. The zero-order valence-corrected chi connectivity index (χ0v) is 15.1. The van der Waals surface area contributed by atoms with Crippen LogP contribution in [0, 0.1) is 3.57 Å². The summed E-state index contributed by atoms with van der Waals surface area (Å²) in [5.74, 6) is -0.372. The molecule has 1 aromatic carbocycles. The number of amides is 1. The summed E-state index contributed by atoms with van der Waals surface area (Å²) in [7, 11) is -2.00. The number of hydrogen-bond donors (Lipinski definition) is 1. The lowest BCUT2D eigenvalue weighted by Crippen LogP contribution is -2.44. The van der Waals surface area contributed by atoms with E-state index in [2.05, 4.69) is 27.9 Å². The number of nitrogens with one attached hydrogen (secondary N) is 1. The van der Waals surface area contributed by atoms with Crippen LogP contribution in [0.1, 0.15) is 6.92 Å². The Morgan fingerprint density at radius 1 is 1.38 bits per heavy atom. The van der Waals surface area contributed by atoms with Crippen LogP contribution in [0.2, 0.25) is 0 Å². The Hall–Kier alpha value is -0.870. The Kier molecular flexibility index (Phi) is 6.88. The predicted octanol–water partition coefficient (Wildman–Crippen LogP) is 1.21. The highest BCUT2D eigenvalue weighted by Gasteiger charge is 2.21. The second-order valence-corrected chi connectivity index (χ2v) is 7.82. The number of nitrogens with zero attached hydrogens (tertiary/aromatic N) is 1. The molecule has 6 nitrogen and oxygen atoms in total. The quantitative estimate of drug-likeness (QED) is 0.666. The van der Waals surface area contributed by atoms with Gasteiger partial charge in [-0.3, -0.25) is 9.10 Å². The summed E-state index contributed by atoms with van der Waals surface area (Å²) in [6.45, 7) is 1.90. The van der Waals surface area contributed by atoms with Gasteiger partial charge >= 0.3 is 0 Å². The van der Waals surface area contributed by atoms with Crippen LogP contribution >= 0.6 is 22.6 Å². The largest absolute Gasteiger partial charge is 0.383 e. The van der Waals surface area contributed by atoms with Gasteiger partial charge in [-0.05, 0) is 53.8 Å². The standard InChI is InChI=1S/C13H19IN2O4S/c1-10(9-20-2)15-13(17)8-16(21(3,18)19)12-6-4-11(14)5-7-12/h4-7,10H,8-9H2,1-3H3,(H,15,17)/t10-/m0/s1. The Labute approximate surface area is 139 Å².